The summed E-state index contributed by atoms with van der Waals surface area (Å²) in [4.78, 5) is 17.1. The van der Waals surface area contributed by atoms with Gasteiger partial charge in [-0.2, -0.15) is 4.98 Å². The van der Waals surface area contributed by atoms with Crippen molar-refractivity contribution in [3.8, 4) is 11.4 Å². The molecule has 1 aromatic heterocycles. The van der Waals surface area contributed by atoms with Gasteiger partial charge >= 0.3 is 6.09 Å². The molecule has 0 radical (unpaired) electrons. The van der Waals surface area contributed by atoms with Crippen LogP contribution in [-0.4, -0.2) is 41.3 Å². The van der Waals surface area contributed by atoms with Gasteiger partial charge in [-0.05, 0) is 19.4 Å². The molecule has 1 aliphatic heterocycles. The van der Waals surface area contributed by atoms with E-state index in [0.29, 0.717) is 19.5 Å². The summed E-state index contributed by atoms with van der Waals surface area (Å²) in [6.45, 7) is 2.25. The van der Waals surface area contributed by atoms with Crippen molar-refractivity contribution in [1.29, 1.82) is 0 Å². The van der Waals surface area contributed by atoms with E-state index in [1.807, 2.05) is 0 Å². The number of anilines is 1. The molecule has 1 atom stereocenters. The van der Waals surface area contributed by atoms with Crippen molar-refractivity contribution in [3.63, 3.8) is 0 Å². The number of aromatic nitrogens is 2. The van der Waals surface area contributed by atoms with Crippen LogP contribution >= 0.6 is 0 Å². The van der Waals surface area contributed by atoms with Crippen molar-refractivity contribution in [3.05, 3.63) is 29.2 Å². The van der Waals surface area contributed by atoms with Crippen LogP contribution in [0, 0.1) is 18.6 Å². The first kappa shape index (κ1) is 16.2. The number of ether oxygens (including phenoxy) is 1. The van der Waals surface area contributed by atoms with E-state index in [0.717, 1.165) is 6.07 Å². The van der Waals surface area contributed by atoms with Gasteiger partial charge in [0.05, 0.1) is 24.3 Å². The Bertz CT molecular complexity index is 793. The van der Waals surface area contributed by atoms with Gasteiger partial charge in [0, 0.05) is 18.7 Å². The Hall–Kier alpha value is -2.71. The van der Waals surface area contributed by atoms with E-state index in [1.165, 1.54) is 18.9 Å². The number of rotatable bonds is 2. The first-order valence-corrected chi connectivity index (χ1v) is 7.33. The van der Waals surface area contributed by atoms with Crippen LogP contribution in [-0.2, 0) is 4.74 Å². The number of halogens is 2. The zero-order chi connectivity index (χ0) is 17.4. The number of amides is 1. The fourth-order valence-electron chi connectivity index (χ4n) is 2.67. The molecule has 128 valence electrons. The van der Waals surface area contributed by atoms with Crippen molar-refractivity contribution in [2.45, 2.75) is 19.3 Å². The summed E-state index contributed by atoms with van der Waals surface area (Å²) < 4.78 is 37.9. The fourth-order valence-corrected chi connectivity index (χ4v) is 2.67. The molecule has 7 nitrogen and oxygen atoms in total. The molecule has 0 bridgehead atoms. The third-order valence-corrected chi connectivity index (χ3v) is 4.16. The van der Waals surface area contributed by atoms with Crippen molar-refractivity contribution in [1.82, 2.24) is 15.0 Å². The molecular formula is C15H16F2N4O3. The minimum Gasteiger partial charge on any atom is -0.453 e. The highest BCUT2D eigenvalue weighted by Crippen LogP contribution is 2.31. The summed E-state index contributed by atoms with van der Waals surface area (Å²) in [6.07, 6.45) is 0.181. The number of nitrogens with zero attached hydrogens (tertiary/aromatic N) is 3. The quantitative estimate of drug-likeness (QED) is 0.845. The SMILES string of the molecule is COC(=O)N1CCC(c2nc(-c3cc(F)c(C)c(N)c3F)no2)C1. The number of carbonyl (C=O) groups is 1. The molecule has 1 unspecified atom stereocenters. The molecule has 1 fully saturated rings. The van der Waals surface area contributed by atoms with Gasteiger partial charge in [-0.1, -0.05) is 5.16 Å². The van der Waals surface area contributed by atoms with Crippen LogP contribution in [0.1, 0.15) is 23.8 Å². The summed E-state index contributed by atoms with van der Waals surface area (Å²) in [5.41, 5.74) is 5.15. The predicted octanol–water partition coefficient (Wildman–Crippen LogP) is 2.46. The second kappa shape index (κ2) is 6.06. The van der Waals surface area contributed by atoms with Crippen molar-refractivity contribution < 1.29 is 22.8 Å². The number of hydrogen-bond donors (Lipinski definition) is 1. The van der Waals surface area contributed by atoms with Crippen LogP contribution in [0.4, 0.5) is 19.3 Å². The number of carbonyl (C=O) groups excluding carboxylic acids is 1. The maximum Gasteiger partial charge on any atom is 0.409 e. The molecule has 1 saturated heterocycles. The molecule has 1 aromatic carbocycles. The lowest BCUT2D eigenvalue weighted by Crippen LogP contribution is -2.28. The second-order valence-corrected chi connectivity index (χ2v) is 5.62. The maximum atomic E-state index is 14.2. The molecule has 2 aromatic rings. The fraction of sp³-hybridized carbons (Fsp3) is 0.400. The van der Waals surface area contributed by atoms with Gasteiger partial charge in [-0.15, -0.1) is 0 Å². The lowest BCUT2D eigenvalue weighted by atomic mass is 10.1. The first-order valence-electron chi connectivity index (χ1n) is 7.33. The van der Waals surface area contributed by atoms with Crippen molar-refractivity contribution in [2.75, 3.05) is 25.9 Å². The summed E-state index contributed by atoms with van der Waals surface area (Å²) >= 11 is 0. The minimum atomic E-state index is -0.788. The number of nitrogen functional groups attached to an aromatic ring is 1. The average molecular weight is 338 g/mol. The highest BCUT2D eigenvalue weighted by molar-refractivity contribution is 5.68. The topological polar surface area (TPSA) is 94.5 Å². The minimum absolute atomic E-state index is 0.0319. The highest BCUT2D eigenvalue weighted by atomic mass is 19.1. The maximum absolute atomic E-state index is 14.2. The Morgan fingerprint density at radius 1 is 1.50 bits per heavy atom. The zero-order valence-electron chi connectivity index (χ0n) is 13.2. The van der Waals surface area contributed by atoms with E-state index in [1.54, 1.807) is 0 Å². The zero-order valence-corrected chi connectivity index (χ0v) is 13.2. The summed E-state index contributed by atoms with van der Waals surface area (Å²) in [5.74, 6) is -1.43. The Labute approximate surface area is 136 Å². The molecule has 2 heterocycles. The molecule has 1 amide bonds. The van der Waals surface area contributed by atoms with Gasteiger partial charge in [0.2, 0.25) is 11.7 Å². The van der Waals surface area contributed by atoms with Crippen LogP contribution in [0.3, 0.4) is 0 Å². The third kappa shape index (κ3) is 2.66. The van der Waals surface area contributed by atoms with Crippen LogP contribution in [0.2, 0.25) is 0 Å². The average Bonchev–Trinajstić information content (AvgIpc) is 3.24. The summed E-state index contributed by atoms with van der Waals surface area (Å²) in [6, 6.07) is 0.991. The predicted molar refractivity (Wildman–Crippen MR) is 80.1 cm³/mol. The van der Waals surface area contributed by atoms with E-state index in [-0.39, 0.29) is 34.4 Å². The second-order valence-electron chi connectivity index (χ2n) is 5.62. The van der Waals surface area contributed by atoms with Crippen LogP contribution in [0.15, 0.2) is 10.6 Å². The molecule has 2 N–H and O–H groups in total. The van der Waals surface area contributed by atoms with Gasteiger partial charge in [0.1, 0.15) is 5.82 Å². The van der Waals surface area contributed by atoms with Crippen LogP contribution < -0.4 is 5.73 Å². The Balaban J connectivity index is 1.86. The Kier molecular flexibility index (Phi) is 4.08. The van der Waals surface area contributed by atoms with Crippen molar-refractivity contribution in [2.24, 2.45) is 0 Å². The van der Waals surface area contributed by atoms with Gasteiger partial charge in [-0.3, -0.25) is 0 Å². The molecule has 1 aliphatic rings. The standard InChI is InChI=1S/C15H16F2N4O3/c1-7-10(16)5-9(11(17)12(7)18)13-19-14(24-20-13)8-3-4-21(6-8)15(22)23-2/h5,8H,3-4,6,18H2,1-2H3. The van der Waals surface area contributed by atoms with E-state index in [4.69, 9.17) is 10.3 Å². The number of hydrogen-bond acceptors (Lipinski definition) is 6. The molecule has 3 rings (SSSR count). The lowest BCUT2D eigenvalue weighted by Gasteiger charge is -2.13. The van der Waals surface area contributed by atoms with Crippen LogP contribution in [0.5, 0.6) is 0 Å². The molecule has 0 spiro atoms. The molecule has 24 heavy (non-hydrogen) atoms. The van der Waals surface area contributed by atoms with Crippen molar-refractivity contribution >= 4 is 11.8 Å². The summed E-state index contributed by atoms with van der Waals surface area (Å²) in [7, 11) is 1.31. The Morgan fingerprint density at radius 2 is 2.25 bits per heavy atom. The smallest absolute Gasteiger partial charge is 0.409 e. The van der Waals surface area contributed by atoms with Gasteiger partial charge in [-0.25, -0.2) is 13.6 Å². The Morgan fingerprint density at radius 3 is 2.96 bits per heavy atom. The van der Waals surface area contributed by atoms with E-state index < -0.39 is 17.7 Å². The van der Waals surface area contributed by atoms with Crippen LogP contribution in [0.25, 0.3) is 11.4 Å². The third-order valence-electron chi connectivity index (χ3n) is 4.16. The number of benzene rings is 1. The molecule has 9 heteroatoms. The highest BCUT2D eigenvalue weighted by Gasteiger charge is 2.32. The van der Waals surface area contributed by atoms with Gasteiger partial charge in [0.15, 0.2) is 5.82 Å². The van der Waals surface area contributed by atoms with E-state index >= 15 is 0 Å². The largest absolute Gasteiger partial charge is 0.453 e. The van der Waals surface area contributed by atoms with Gasteiger partial charge in [0.25, 0.3) is 0 Å². The normalized spacial score (nSPS) is 17.3. The number of nitrogens with two attached hydrogens (primary N) is 1. The monoisotopic (exact) mass is 338 g/mol. The van der Waals surface area contributed by atoms with E-state index in [9.17, 15) is 13.6 Å². The molecular weight excluding hydrogens is 322 g/mol. The lowest BCUT2D eigenvalue weighted by molar-refractivity contribution is 0.132. The molecule has 0 aliphatic carbocycles. The summed E-state index contributed by atoms with van der Waals surface area (Å²) in [5, 5.41) is 3.71. The first-order chi connectivity index (χ1) is 11.4. The molecule has 0 saturated carbocycles. The van der Waals surface area contributed by atoms with E-state index in [2.05, 4.69) is 14.9 Å². The van der Waals surface area contributed by atoms with Gasteiger partial charge < -0.3 is 19.9 Å². The number of likely N-dealkylation sites (tertiary alicyclic amines) is 1. The number of methoxy groups -OCH3 is 1.